The van der Waals surface area contributed by atoms with Gasteiger partial charge >= 0.3 is 0 Å². The Labute approximate surface area is 109 Å². The quantitative estimate of drug-likeness (QED) is 0.506. The zero-order valence-electron chi connectivity index (χ0n) is 10.4. The maximum absolute atomic E-state index is 10.7. The lowest BCUT2D eigenvalue weighted by Crippen LogP contribution is -2.17. The van der Waals surface area contributed by atoms with Crippen molar-refractivity contribution >= 4 is 19.7 Å². The first-order chi connectivity index (χ1) is 8.08. The van der Waals surface area contributed by atoms with E-state index < -0.39 is 9.05 Å². The molecule has 102 valence electrons. The number of ether oxygens (including phenoxy) is 1. The molecule has 0 radical (unpaired) electrons. The fourth-order valence-corrected chi connectivity index (χ4v) is 3.09. The lowest BCUT2D eigenvalue weighted by atomic mass is 9.98. The maximum atomic E-state index is 10.7. The molecule has 0 aromatic heterocycles. The van der Waals surface area contributed by atoms with E-state index in [1.165, 1.54) is 32.1 Å². The van der Waals surface area contributed by atoms with Crippen LogP contribution in [0.1, 0.15) is 57.8 Å². The molecule has 0 aromatic rings. The van der Waals surface area contributed by atoms with E-state index in [2.05, 4.69) is 0 Å². The van der Waals surface area contributed by atoms with Gasteiger partial charge in [0.25, 0.3) is 0 Å². The molecule has 0 atom stereocenters. The van der Waals surface area contributed by atoms with Crippen LogP contribution in [0.4, 0.5) is 0 Å². The fraction of sp³-hybridized carbons (Fsp3) is 1.00. The van der Waals surface area contributed by atoms with E-state index in [-0.39, 0.29) is 5.75 Å². The summed E-state index contributed by atoms with van der Waals surface area (Å²) in [7, 11) is 1.83. The van der Waals surface area contributed by atoms with Crippen LogP contribution in [0.2, 0.25) is 0 Å². The molecular formula is C12H23ClO3S. The molecule has 0 aromatic carbocycles. The zero-order chi connectivity index (χ0) is 12.6. The number of unbranched alkanes of at least 4 members (excludes halogenated alkanes) is 3. The maximum Gasteiger partial charge on any atom is 0.232 e. The minimum Gasteiger partial charge on any atom is -0.378 e. The summed E-state index contributed by atoms with van der Waals surface area (Å²) in [5.41, 5.74) is 0. The predicted octanol–water partition coefficient (Wildman–Crippen LogP) is 3.46. The molecule has 0 amide bonds. The lowest BCUT2D eigenvalue weighted by Gasteiger charge is -2.21. The van der Waals surface area contributed by atoms with E-state index >= 15 is 0 Å². The highest BCUT2D eigenvalue weighted by Crippen LogP contribution is 2.20. The van der Waals surface area contributed by atoms with Gasteiger partial charge < -0.3 is 4.74 Å². The van der Waals surface area contributed by atoms with E-state index in [9.17, 15) is 8.42 Å². The van der Waals surface area contributed by atoms with Crippen LogP contribution in [0.25, 0.3) is 0 Å². The van der Waals surface area contributed by atoms with Crippen molar-refractivity contribution < 1.29 is 13.2 Å². The highest BCUT2D eigenvalue weighted by Gasteiger charge is 2.12. The van der Waals surface area contributed by atoms with Crippen molar-refractivity contribution in [2.45, 2.75) is 63.9 Å². The first-order valence-electron chi connectivity index (χ1n) is 6.62. The Kier molecular flexibility index (Phi) is 7.47. The van der Waals surface area contributed by atoms with Gasteiger partial charge in [-0.2, -0.15) is 0 Å². The Hall–Kier alpha value is 0.200. The summed E-state index contributed by atoms with van der Waals surface area (Å²) in [5.74, 6) is 0.0953. The second-order valence-electron chi connectivity index (χ2n) is 4.79. The SMILES string of the molecule is O=S(=O)(Cl)CCCCCCOC1CCCCC1. The van der Waals surface area contributed by atoms with Gasteiger partial charge in [0.1, 0.15) is 0 Å². The van der Waals surface area contributed by atoms with Gasteiger partial charge in [-0.3, -0.25) is 0 Å². The third-order valence-corrected chi connectivity index (χ3v) is 4.43. The molecular weight excluding hydrogens is 260 g/mol. The second kappa shape index (κ2) is 8.33. The predicted molar refractivity (Wildman–Crippen MR) is 70.9 cm³/mol. The van der Waals surface area contributed by atoms with Gasteiger partial charge in [-0.15, -0.1) is 0 Å². The van der Waals surface area contributed by atoms with Gasteiger partial charge in [-0.25, -0.2) is 8.42 Å². The molecule has 1 aliphatic rings. The van der Waals surface area contributed by atoms with E-state index in [1.54, 1.807) is 0 Å². The van der Waals surface area contributed by atoms with Crippen LogP contribution in [0, 0.1) is 0 Å². The summed E-state index contributed by atoms with van der Waals surface area (Å²) in [6.07, 6.45) is 10.5. The largest absolute Gasteiger partial charge is 0.378 e. The van der Waals surface area contributed by atoms with Gasteiger partial charge in [0.05, 0.1) is 11.9 Å². The molecule has 0 heterocycles. The van der Waals surface area contributed by atoms with E-state index in [4.69, 9.17) is 15.4 Å². The van der Waals surface area contributed by atoms with Gasteiger partial charge in [-0.05, 0) is 25.7 Å². The van der Waals surface area contributed by atoms with Crippen molar-refractivity contribution in [3.63, 3.8) is 0 Å². The Bertz CT molecular complexity index is 284. The Morgan fingerprint density at radius 2 is 1.65 bits per heavy atom. The first-order valence-corrected chi connectivity index (χ1v) is 9.10. The van der Waals surface area contributed by atoms with Crippen LogP contribution in [-0.4, -0.2) is 26.9 Å². The highest BCUT2D eigenvalue weighted by atomic mass is 35.7. The smallest absolute Gasteiger partial charge is 0.232 e. The monoisotopic (exact) mass is 282 g/mol. The zero-order valence-corrected chi connectivity index (χ0v) is 11.9. The van der Waals surface area contributed by atoms with Gasteiger partial charge in [-0.1, -0.05) is 32.1 Å². The molecule has 0 bridgehead atoms. The molecule has 0 aliphatic heterocycles. The van der Waals surface area contributed by atoms with Crippen molar-refractivity contribution in [1.29, 1.82) is 0 Å². The normalized spacial score (nSPS) is 18.4. The van der Waals surface area contributed by atoms with Crippen LogP contribution in [0.15, 0.2) is 0 Å². The molecule has 5 heteroatoms. The van der Waals surface area contributed by atoms with Crippen LogP contribution in [0.5, 0.6) is 0 Å². The minimum atomic E-state index is -3.29. The lowest BCUT2D eigenvalue weighted by molar-refractivity contribution is 0.0263. The molecule has 1 saturated carbocycles. The summed E-state index contributed by atoms with van der Waals surface area (Å²) < 4.78 is 27.1. The molecule has 1 rings (SSSR count). The Morgan fingerprint density at radius 1 is 1.00 bits per heavy atom. The number of halogens is 1. The summed E-state index contributed by atoms with van der Waals surface area (Å²) in [6, 6.07) is 0. The van der Waals surface area contributed by atoms with Crippen LogP contribution in [0.3, 0.4) is 0 Å². The van der Waals surface area contributed by atoms with E-state index in [1.807, 2.05) is 0 Å². The number of hydrogen-bond acceptors (Lipinski definition) is 3. The average molecular weight is 283 g/mol. The van der Waals surface area contributed by atoms with E-state index in [0.29, 0.717) is 12.5 Å². The summed E-state index contributed by atoms with van der Waals surface area (Å²) in [5, 5.41) is 0. The molecule has 17 heavy (non-hydrogen) atoms. The summed E-state index contributed by atoms with van der Waals surface area (Å²) in [4.78, 5) is 0. The van der Waals surface area contributed by atoms with Crippen LogP contribution >= 0.6 is 10.7 Å². The van der Waals surface area contributed by atoms with Crippen molar-refractivity contribution in [2.75, 3.05) is 12.4 Å². The van der Waals surface area contributed by atoms with E-state index in [0.717, 1.165) is 25.9 Å². The van der Waals surface area contributed by atoms with Gasteiger partial charge in [0.2, 0.25) is 9.05 Å². The average Bonchev–Trinajstić information content (AvgIpc) is 2.28. The molecule has 0 saturated heterocycles. The summed E-state index contributed by atoms with van der Waals surface area (Å²) >= 11 is 0. The molecule has 0 N–H and O–H groups in total. The molecule has 0 spiro atoms. The van der Waals surface area contributed by atoms with Gasteiger partial charge in [0.15, 0.2) is 0 Å². The Balaban J connectivity index is 1.87. The third-order valence-electron chi connectivity index (χ3n) is 3.19. The molecule has 1 aliphatic carbocycles. The standard InChI is InChI=1S/C12H23ClO3S/c13-17(14,15)11-7-2-1-6-10-16-12-8-4-3-5-9-12/h12H,1-11H2. The topological polar surface area (TPSA) is 43.4 Å². The summed E-state index contributed by atoms with van der Waals surface area (Å²) in [6.45, 7) is 0.818. The van der Waals surface area contributed by atoms with Crippen molar-refractivity contribution in [3.05, 3.63) is 0 Å². The van der Waals surface area contributed by atoms with Crippen molar-refractivity contribution in [1.82, 2.24) is 0 Å². The third kappa shape index (κ3) is 8.86. The highest BCUT2D eigenvalue weighted by molar-refractivity contribution is 8.13. The van der Waals surface area contributed by atoms with Crippen molar-refractivity contribution in [2.24, 2.45) is 0 Å². The number of hydrogen-bond donors (Lipinski definition) is 0. The second-order valence-corrected chi connectivity index (χ2v) is 7.68. The molecule has 3 nitrogen and oxygen atoms in total. The van der Waals surface area contributed by atoms with Gasteiger partial charge in [0, 0.05) is 17.3 Å². The van der Waals surface area contributed by atoms with Crippen molar-refractivity contribution in [3.8, 4) is 0 Å². The van der Waals surface area contributed by atoms with Crippen LogP contribution < -0.4 is 0 Å². The molecule has 1 fully saturated rings. The van der Waals surface area contributed by atoms with Crippen LogP contribution in [-0.2, 0) is 13.8 Å². The first kappa shape index (κ1) is 15.3. The minimum absolute atomic E-state index is 0.0953. The Morgan fingerprint density at radius 3 is 2.29 bits per heavy atom. The fourth-order valence-electron chi connectivity index (χ4n) is 2.21. The molecule has 0 unspecified atom stereocenters. The number of rotatable bonds is 8.